The molecule has 3 aromatic carbocycles. The third-order valence-corrected chi connectivity index (χ3v) is 4.70. The lowest BCUT2D eigenvalue weighted by Gasteiger charge is -2.07. The second-order valence-electron chi connectivity index (χ2n) is 6.82. The molecule has 4 aromatic rings. The maximum atomic E-state index is 12.9. The Balaban J connectivity index is 1.63. The molecule has 0 aliphatic rings. The molecule has 0 aliphatic carbocycles. The number of hydrogen-bond acceptors (Lipinski definition) is 3. The lowest BCUT2D eigenvalue weighted by molar-refractivity contribution is 0.0697. The summed E-state index contributed by atoms with van der Waals surface area (Å²) in [6.45, 7) is 0.315. The van der Waals surface area contributed by atoms with Gasteiger partial charge in [0.2, 0.25) is 0 Å². The number of aromatic nitrogens is 2. The van der Waals surface area contributed by atoms with Crippen molar-refractivity contribution >= 4 is 29.0 Å². The molecule has 0 fully saturated rings. The molecule has 1 N–H and O–H groups in total. The summed E-state index contributed by atoms with van der Waals surface area (Å²) in [6, 6.07) is 21.9. The van der Waals surface area contributed by atoms with Crippen LogP contribution in [0.15, 0.2) is 89.6 Å². The number of carboxylic acids is 1. The highest BCUT2D eigenvalue weighted by Crippen LogP contribution is 2.13. The highest BCUT2D eigenvalue weighted by Gasteiger charge is 2.07. The van der Waals surface area contributed by atoms with Crippen LogP contribution in [0.2, 0.25) is 0 Å². The molecule has 146 valence electrons. The highest BCUT2D eigenvalue weighted by atomic mass is 16.4. The van der Waals surface area contributed by atoms with Crippen LogP contribution in [-0.4, -0.2) is 20.6 Å². The standard InChI is InChI=1S/C25H18N2O3/c28-24-22-15-19(8-4-7-18-5-2-1-3-6-18)11-14-23(22)26-17-27(24)16-20-9-12-21(13-10-20)25(29)30/h1-3,5-15,17H,16H2,(H,29,30). The number of nitrogens with zero attached hydrogens (tertiary/aromatic N) is 2. The predicted molar refractivity (Wildman–Crippen MR) is 117 cm³/mol. The third kappa shape index (κ3) is 4.27. The minimum atomic E-state index is -0.979. The number of aromatic carboxylic acids is 1. The number of hydrogen-bond donors (Lipinski definition) is 1. The van der Waals surface area contributed by atoms with E-state index in [9.17, 15) is 9.59 Å². The molecule has 0 spiro atoms. The molecule has 0 bridgehead atoms. The lowest BCUT2D eigenvalue weighted by atomic mass is 10.1. The van der Waals surface area contributed by atoms with Crippen molar-refractivity contribution in [3.05, 3.63) is 117 Å². The fraction of sp³-hybridized carbons (Fsp3) is 0.0400. The van der Waals surface area contributed by atoms with Gasteiger partial charge in [-0.1, -0.05) is 48.5 Å². The molecule has 0 saturated heterocycles. The zero-order valence-corrected chi connectivity index (χ0v) is 16.0. The Kier molecular flexibility index (Phi) is 5.37. The summed E-state index contributed by atoms with van der Waals surface area (Å²) in [7, 11) is 0. The van der Waals surface area contributed by atoms with E-state index in [0.29, 0.717) is 17.4 Å². The van der Waals surface area contributed by atoms with Crippen molar-refractivity contribution in [2.45, 2.75) is 6.54 Å². The topological polar surface area (TPSA) is 72.2 Å². The first-order chi connectivity index (χ1) is 14.6. The molecule has 0 aliphatic heterocycles. The van der Waals surface area contributed by atoms with E-state index in [4.69, 9.17) is 5.11 Å². The molecule has 1 heterocycles. The van der Waals surface area contributed by atoms with Crippen LogP contribution in [0.5, 0.6) is 0 Å². The first kappa shape index (κ1) is 19.1. The quantitative estimate of drug-likeness (QED) is 0.507. The van der Waals surface area contributed by atoms with Crippen molar-refractivity contribution in [1.29, 1.82) is 0 Å². The molecule has 0 atom stereocenters. The van der Waals surface area contributed by atoms with Crippen LogP contribution in [0.4, 0.5) is 0 Å². The normalized spacial score (nSPS) is 10.4. The molecule has 5 heteroatoms. The summed E-state index contributed by atoms with van der Waals surface area (Å²) in [5.74, 6) is -0.979. The molecule has 5 nitrogen and oxygen atoms in total. The average molecular weight is 394 g/mol. The Morgan fingerprint density at radius 2 is 1.70 bits per heavy atom. The second-order valence-corrected chi connectivity index (χ2v) is 6.82. The van der Waals surface area contributed by atoms with Crippen molar-refractivity contribution in [3.63, 3.8) is 0 Å². The number of carbonyl (C=O) groups is 1. The van der Waals surface area contributed by atoms with Gasteiger partial charge in [0.25, 0.3) is 5.56 Å². The Bertz CT molecular complexity index is 1330. The zero-order valence-electron chi connectivity index (χ0n) is 16.0. The molecule has 1 aromatic heterocycles. The molecular formula is C25H18N2O3. The largest absolute Gasteiger partial charge is 0.478 e. The molecule has 4 rings (SSSR count). The summed E-state index contributed by atoms with van der Waals surface area (Å²) in [6.07, 6.45) is 5.22. The van der Waals surface area contributed by atoms with Gasteiger partial charge in [0, 0.05) is 0 Å². The van der Waals surface area contributed by atoms with Gasteiger partial charge in [-0.15, -0.1) is 5.73 Å². The summed E-state index contributed by atoms with van der Waals surface area (Å²) in [5.41, 5.74) is 6.56. The second kappa shape index (κ2) is 8.43. The van der Waals surface area contributed by atoms with Gasteiger partial charge in [-0.25, -0.2) is 9.78 Å². The molecule has 0 saturated carbocycles. The zero-order chi connectivity index (χ0) is 20.9. The Hall–Kier alpha value is -4.21. The van der Waals surface area contributed by atoms with Gasteiger partial charge in [0.1, 0.15) is 0 Å². The minimum absolute atomic E-state index is 0.149. The Morgan fingerprint density at radius 1 is 0.967 bits per heavy atom. The van der Waals surface area contributed by atoms with Crippen LogP contribution >= 0.6 is 0 Å². The summed E-state index contributed by atoms with van der Waals surface area (Å²) in [4.78, 5) is 28.3. The van der Waals surface area contributed by atoms with Crippen LogP contribution in [0.3, 0.4) is 0 Å². The number of benzene rings is 3. The van der Waals surface area contributed by atoms with Crippen molar-refractivity contribution < 1.29 is 9.90 Å². The predicted octanol–water partition coefficient (Wildman–Crippen LogP) is 4.47. The number of carboxylic acid groups (broad SMARTS) is 1. The summed E-state index contributed by atoms with van der Waals surface area (Å²) >= 11 is 0. The number of rotatable bonds is 5. The molecule has 0 unspecified atom stereocenters. The smallest absolute Gasteiger partial charge is 0.335 e. The SMILES string of the molecule is O=C(O)c1ccc(Cn2cnc3ccc(C=C=Cc4ccccc4)cc3c2=O)cc1. The fourth-order valence-electron chi connectivity index (χ4n) is 3.11. The van der Waals surface area contributed by atoms with E-state index >= 15 is 0 Å². The maximum absolute atomic E-state index is 12.9. The molecular weight excluding hydrogens is 376 g/mol. The van der Waals surface area contributed by atoms with E-state index < -0.39 is 5.97 Å². The highest BCUT2D eigenvalue weighted by molar-refractivity contribution is 5.87. The van der Waals surface area contributed by atoms with Gasteiger partial charge in [-0.3, -0.25) is 9.36 Å². The van der Waals surface area contributed by atoms with Crippen molar-refractivity contribution in [3.8, 4) is 0 Å². The maximum Gasteiger partial charge on any atom is 0.335 e. The van der Waals surface area contributed by atoms with E-state index in [0.717, 1.165) is 16.7 Å². The third-order valence-electron chi connectivity index (χ3n) is 4.70. The van der Waals surface area contributed by atoms with Crippen LogP contribution in [-0.2, 0) is 6.54 Å². The van der Waals surface area contributed by atoms with Gasteiger partial charge in [0.05, 0.1) is 29.3 Å². The molecule has 30 heavy (non-hydrogen) atoms. The van der Waals surface area contributed by atoms with E-state index in [1.165, 1.54) is 23.0 Å². The van der Waals surface area contributed by atoms with Gasteiger partial charge in [-0.05, 0) is 53.1 Å². The van der Waals surface area contributed by atoms with E-state index in [-0.39, 0.29) is 11.1 Å². The lowest BCUT2D eigenvalue weighted by Crippen LogP contribution is -2.21. The van der Waals surface area contributed by atoms with Crippen LogP contribution in [0.25, 0.3) is 23.1 Å². The Morgan fingerprint density at radius 3 is 2.43 bits per heavy atom. The average Bonchev–Trinajstić information content (AvgIpc) is 2.77. The monoisotopic (exact) mass is 394 g/mol. The van der Waals surface area contributed by atoms with Gasteiger partial charge in [-0.2, -0.15) is 0 Å². The molecule has 0 amide bonds. The Labute approximate surface area is 172 Å². The van der Waals surface area contributed by atoms with Crippen LogP contribution in [0, 0.1) is 0 Å². The van der Waals surface area contributed by atoms with Gasteiger partial charge in [0.15, 0.2) is 0 Å². The minimum Gasteiger partial charge on any atom is -0.478 e. The first-order valence-electron chi connectivity index (χ1n) is 9.39. The van der Waals surface area contributed by atoms with E-state index in [1.807, 2.05) is 54.6 Å². The number of fused-ring (bicyclic) bond motifs is 1. The van der Waals surface area contributed by atoms with Gasteiger partial charge >= 0.3 is 5.97 Å². The fourth-order valence-corrected chi connectivity index (χ4v) is 3.11. The van der Waals surface area contributed by atoms with Gasteiger partial charge < -0.3 is 5.11 Å². The first-order valence-corrected chi connectivity index (χ1v) is 9.39. The van der Waals surface area contributed by atoms with Crippen molar-refractivity contribution in [1.82, 2.24) is 9.55 Å². The summed E-state index contributed by atoms with van der Waals surface area (Å²) < 4.78 is 1.52. The van der Waals surface area contributed by atoms with E-state index in [1.54, 1.807) is 18.2 Å². The van der Waals surface area contributed by atoms with Crippen LogP contribution < -0.4 is 5.56 Å². The van der Waals surface area contributed by atoms with E-state index in [2.05, 4.69) is 10.7 Å². The van der Waals surface area contributed by atoms with Crippen LogP contribution in [0.1, 0.15) is 27.0 Å². The molecule has 0 radical (unpaired) electrons. The summed E-state index contributed by atoms with van der Waals surface area (Å²) in [5, 5.41) is 9.53. The van der Waals surface area contributed by atoms with Crippen molar-refractivity contribution in [2.75, 3.05) is 0 Å². The van der Waals surface area contributed by atoms with Crippen molar-refractivity contribution in [2.24, 2.45) is 0 Å².